The van der Waals surface area contributed by atoms with Gasteiger partial charge in [-0.2, -0.15) is 0 Å². The molecule has 3 heterocycles. The number of rotatable bonds is 17. The Bertz CT molecular complexity index is 2400. The molecule has 17 nitrogen and oxygen atoms in total. The summed E-state index contributed by atoms with van der Waals surface area (Å²) in [6, 6.07) is 14.5. The fraction of sp³-hybridized carbons (Fsp3) is 0.333. The predicted octanol–water partition coefficient (Wildman–Crippen LogP) is 2.61. The van der Waals surface area contributed by atoms with Gasteiger partial charge in [0.25, 0.3) is 20.0 Å². The lowest BCUT2D eigenvalue weighted by Gasteiger charge is -2.32. The molecule has 1 aliphatic heterocycles. The average molecular weight is 890 g/mol. The monoisotopic (exact) mass is 889 g/mol. The summed E-state index contributed by atoms with van der Waals surface area (Å²) in [5.74, 6) is -2.95. The van der Waals surface area contributed by atoms with Gasteiger partial charge in [-0.05, 0) is 98.6 Å². The predicted molar refractivity (Wildman–Crippen MR) is 229 cm³/mol. The van der Waals surface area contributed by atoms with E-state index < -0.39 is 63.2 Å². The number of hydrogen-bond acceptors (Lipinski definition) is 14. The van der Waals surface area contributed by atoms with Crippen molar-refractivity contribution >= 4 is 103 Å². The number of sulfonamides is 2. The quantitative estimate of drug-likeness (QED) is 0.0264. The van der Waals surface area contributed by atoms with Crippen molar-refractivity contribution in [3.63, 3.8) is 0 Å². The highest BCUT2D eigenvalue weighted by Crippen LogP contribution is 2.37. The van der Waals surface area contributed by atoms with E-state index >= 15 is 0 Å². The summed E-state index contributed by atoms with van der Waals surface area (Å²) < 4.78 is 67.8. The first kappa shape index (κ1) is 47.1. The van der Waals surface area contributed by atoms with Gasteiger partial charge in [0.1, 0.15) is 0 Å². The van der Waals surface area contributed by atoms with Crippen LogP contribution in [0, 0.1) is 5.92 Å². The van der Waals surface area contributed by atoms with Crippen molar-refractivity contribution < 1.29 is 55.7 Å². The van der Waals surface area contributed by atoms with Crippen LogP contribution in [-0.2, 0) is 34.1 Å². The number of carboxylic acids is 1. The molecule has 0 saturated carbocycles. The van der Waals surface area contributed by atoms with Gasteiger partial charge < -0.3 is 35.9 Å². The number of Topliss-reactive ketones (excluding diaryl/α,β-unsaturated/α-hetero) is 2. The SMILES string of the molecule is CC(=O)c1sccc1NS(=O)(=O)c1cccc(B2OC(C)(C)C(C)(C)O2)c1.NC(N)=NCCC[C@H](CC(=O)c1sccc1NS(=O)(=O)c1cccc(B(O)O)c1)C(=O)O. The fourth-order valence-corrected chi connectivity index (χ4v) is 9.44. The van der Waals surface area contributed by atoms with Crippen LogP contribution < -0.4 is 31.8 Å². The first-order valence-electron chi connectivity index (χ1n) is 17.9. The molecular weight excluding hydrogens is 844 g/mol. The maximum Gasteiger partial charge on any atom is 0.494 e. The van der Waals surface area contributed by atoms with Crippen molar-refractivity contribution in [2.24, 2.45) is 22.4 Å². The lowest BCUT2D eigenvalue weighted by atomic mass is 9.79. The number of nitrogens with two attached hydrogens (primary N) is 2. The minimum atomic E-state index is -4.14. The fourth-order valence-electron chi connectivity index (χ4n) is 5.50. The number of thiophene rings is 2. The molecule has 316 valence electrons. The van der Waals surface area contributed by atoms with Crippen LogP contribution in [-0.4, -0.2) is 87.5 Å². The largest absolute Gasteiger partial charge is 0.494 e. The van der Waals surface area contributed by atoms with Gasteiger partial charge in [0, 0.05) is 19.9 Å². The molecule has 2 aromatic carbocycles. The zero-order chi connectivity index (χ0) is 43.9. The number of carbonyl (C=O) groups is 3. The van der Waals surface area contributed by atoms with Gasteiger partial charge in [-0.15, -0.1) is 22.7 Å². The number of aliphatic carboxylic acids is 1. The number of carbonyl (C=O) groups excluding carboxylic acids is 2. The summed E-state index contributed by atoms with van der Waals surface area (Å²) in [6.07, 6.45) is 0.207. The molecule has 0 bridgehead atoms. The number of guanidine groups is 1. The van der Waals surface area contributed by atoms with Crippen LogP contribution in [0.5, 0.6) is 0 Å². The molecule has 0 radical (unpaired) electrons. The van der Waals surface area contributed by atoms with Crippen molar-refractivity contribution in [2.75, 3.05) is 16.0 Å². The summed E-state index contributed by atoms with van der Waals surface area (Å²) in [6.45, 7) is 9.39. The molecule has 0 aliphatic carbocycles. The molecule has 2 aromatic heterocycles. The second-order valence-corrected chi connectivity index (χ2v) is 19.5. The van der Waals surface area contributed by atoms with Gasteiger partial charge >= 0.3 is 20.2 Å². The summed E-state index contributed by atoms with van der Waals surface area (Å²) in [7, 11) is -10.5. The standard InChI is InChI=1S/C18H23BN4O7S2.C18H22BNO5S2/c20-18(21)22-7-2-3-11(17(25)26)9-15(24)16-14(6-8-31-16)23-32(29,30)13-5-1-4-12(10-13)19(27)28;1-12(21)16-15(9-10-26-16)20-27(22,23)14-8-6-7-13(11-14)19-24-17(2,3)18(4,5)25-19/h1,4-6,8,10-11,23,27-28H,2-3,7,9H2,(H,25,26)(H4,20,21,22);6-11,20H,1-5H3/t11-;/m1./s1. The number of nitrogens with zero attached hydrogens (tertiary/aromatic N) is 1. The third kappa shape index (κ3) is 12.2. The molecule has 1 aliphatic rings. The van der Waals surface area contributed by atoms with Crippen molar-refractivity contribution in [2.45, 2.75) is 74.9 Å². The summed E-state index contributed by atoms with van der Waals surface area (Å²) in [5, 5.41) is 31.1. The summed E-state index contributed by atoms with van der Waals surface area (Å²) >= 11 is 2.18. The van der Waals surface area contributed by atoms with E-state index in [0.717, 1.165) is 17.4 Å². The molecule has 1 atom stereocenters. The minimum absolute atomic E-state index is 0.0135. The Balaban J connectivity index is 0.000000264. The van der Waals surface area contributed by atoms with Crippen molar-refractivity contribution in [3.8, 4) is 0 Å². The van der Waals surface area contributed by atoms with E-state index in [-0.39, 0.29) is 62.6 Å². The maximum absolute atomic E-state index is 12.8. The van der Waals surface area contributed by atoms with Crippen LogP contribution in [0.2, 0.25) is 0 Å². The zero-order valence-electron chi connectivity index (χ0n) is 32.7. The van der Waals surface area contributed by atoms with Gasteiger partial charge in [0.05, 0.1) is 48.0 Å². The van der Waals surface area contributed by atoms with Crippen molar-refractivity contribution in [1.82, 2.24) is 0 Å². The third-order valence-corrected chi connectivity index (χ3v) is 14.0. The number of anilines is 2. The minimum Gasteiger partial charge on any atom is -0.481 e. The smallest absolute Gasteiger partial charge is 0.481 e. The maximum atomic E-state index is 12.8. The Kier molecular flexibility index (Phi) is 15.3. The molecule has 59 heavy (non-hydrogen) atoms. The Hall–Kier alpha value is -4.61. The molecule has 0 spiro atoms. The van der Waals surface area contributed by atoms with Gasteiger partial charge in [-0.25, -0.2) is 16.8 Å². The molecule has 0 amide bonds. The second-order valence-electron chi connectivity index (χ2n) is 14.3. The highest BCUT2D eigenvalue weighted by atomic mass is 32.2. The molecule has 1 saturated heterocycles. The normalized spacial score (nSPS) is 15.0. The number of nitrogens with one attached hydrogen (secondary N) is 2. The van der Waals surface area contributed by atoms with E-state index in [1.807, 2.05) is 27.7 Å². The molecule has 5 rings (SSSR count). The lowest BCUT2D eigenvalue weighted by molar-refractivity contribution is -0.141. The molecule has 1 fully saturated rings. The van der Waals surface area contributed by atoms with E-state index in [0.29, 0.717) is 16.8 Å². The molecular formula is C36H45B2N5O12S4. The van der Waals surface area contributed by atoms with E-state index in [1.54, 1.807) is 23.6 Å². The number of benzene rings is 2. The van der Waals surface area contributed by atoms with Gasteiger partial charge in [-0.1, -0.05) is 24.3 Å². The Labute approximate surface area is 351 Å². The number of carboxylic acid groups (broad SMARTS) is 1. The van der Waals surface area contributed by atoms with Gasteiger partial charge in [0.2, 0.25) is 0 Å². The van der Waals surface area contributed by atoms with Crippen LogP contribution in [0.15, 0.2) is 86.2 Å². The molecule has 4 aromatic rings. The molecule has 0 unspecified atom stereocenters. The van der Waals surface area contributed by atoms with Crippen molar-refractivity contribution in [1.29, 1.82) is 0 Å². The topological polar surface area (TPSA) is 287 Å². The first-order chi connectivity index (χ1) is 27.4. The number of hydrogen-bond donors (Lipinski definition) is 7. The summed E-state index contributed by atoms with van der Waals surface area (Å²) in [4.78, 5) is 40.0. The van der Waals surface area contributed by atoms with Crippen LogP contribution >= 0.6 is 22.7 Å². The van der Waals surface area contributed by atoms with Crippen LogP contribution in [0.3, 0.4) is 0 Å². The highest BCUT2D eigenvalue weighted by Gasteiger charge is 2.51. The number of aliphatic imine (C=N–C) groups is 1. The van der Waals surface area contributed by atoms with Crippen LogP contribution in [0.4, 0.5) is 11.4 Å². The van der Waals surface area contributed by atoms with E-state index in [1.165, 1.54) is 60.0 Å². The van der Waals surface area contributed by atoms with Gasteiger partial charge in [0.15, 0.2) is 17.5 Å². The Morgan fingerprint density at radius 2 is 1.37 bits per heavy atom. The van der Waals surface area contributed by atoms with Crippen LogP contribution in [0.25, 0.3) is 0 Å². The van der Waals surface area contributed by atoms with E-state index in [2.05, 4.69) is 14.4 Å². The zero-order valence-corrected chi connectivity index (χ0v) is 36.0. The Morgan fingerprint density at radius 1 is 0.847 bits per heavy atom. The Morgan fingerprint density at radius 3 is 1.90 bits per heavy atom. The van der Waals surface area contributed by atoms with E-state index in [9.17, 15) is 46.4 Å². The van der Waals surface area contributed by atoms with Crippen molar-refractivity contribution in [3.05, 3.63) is 81.2 Å². The second kappa shape index (κ2) is 19.2. The summed E-state index contributed by atoms with van der Waals surface area (Å²) in [5.41, 5.74) is 10.3. The molecule has 9 N–H and O–H groups in total. The van der Waals surface area contributed by atoms with Gasteiger partial charge in [-0.3, -0.25) is 28.8 Å². The molecule has 23 heteroatoms. The number of ketones is 2. The van der Waals surface area contributed by atoms with Crippen LogP contribution in [0.1, 0.15) is 73.2 Å². The average Bonchev–Trinajstić information content (AvgIpc) is 3.86. The highest BCUT2D eigenvalue weighted by molar-refractivity contribution is 7.93. The lowest BCUT2D eigenvalue weighted by Crippen LogP contribution is -2.41. The third-order valence-electron chi connectivity index (χ3n) is 9.34. The first-order valence-corrected chi connectivity index (χ1v) is 22.6. The van der Waals surface area contributed by atoms with E-state index in [4.69, 9.17) is 20.8 Å².